The molecule has 0 aliphatic heterocycles. The van der Waals surface area contributed by atoms with Gasteiger partial charge in [0.05, 0.1) is 0 Å². The molecule has 0 saturated carbocycles. The first-order valence-corrected chi connectivity index (χ1v) is 6.82. The first-order valence-electron chi connectivity index (χ1n) is 6.44. The molecule has 20 heavy (non-hydrogen) atoms. The summed E-state index contributed by atoms with van der Waals surface area (Å²) in [6.07, 6.45) is 0.509. The molecule has 2 rings (SSSR count). The van der Waals surface area contributed by atoms with E-state index in [1.165, 1.54) is 12.1 Å². The summed E-state index contributed by atoms with van der Waals surface area (Å²) in [4.78, 5) is 0. The fourth-order valence-corrected chi connectivity index (χ4v) is 2.37. The quantitative estimate of drug-likeness (QED) is 0.873. The van der Waals surface area contributed by atoms with E-state index in [1.807, 2.05) is 31.3 Å². The lowest BCUT2D eigenvalue weighted by Gasteiger charge is -2.17. The number of benzene rings is 2. The second-order valence-electron chi connectivity index (χ2n) is 4.75. The Balaban J connectivity index is 2.22. The molecule has 1 unspecified atom stereocenters. The highest BCUT2D eigenvalue weighted by Gasteiger charge is 2.14. The number of halogens is 3. The Bertz CT molecular complexity index is 569. The molecule has 0 aromatic heterocycles. The molecule has 0 aliphatic carbocycles. The number of likely N-dealkylation sites (N-methyl/N-ethyl adjacent to an activating group) is 1. The molecule has 2 aromatic carbocycles. The molecular weight excluding hydrogens is 280 g/mol. The van der Waals surface area contributed by atoms with Crippen molar-refractivity contribution in [3.63, 3.8) is 0 Å². The van der Waals surface area contributed by atoms with E-state index in [9.17, 15) is 8.78 Å². The van der Waals surface area contributed by atoms with Gasteiger partial charge in [0.2, 0.25) is 0 Å². The third-order valence-corrected chi connectivity index (χ3v) is 3.53. The Morgan fingerprint density at radius 2 is 1.80 bits per heavy atom. The van der Waals surface area contributed by atoms with Crippen LogP contribution in [-0.2, 0) is 6.42 Å². The van der Waals surface area contributed by atoms with Crippen LogP contribution in [0.1, 0.15) is 17.0 Å². The molecule has 0 saturated heterocycles. The predicted molar refractivity (Wildman–Crippen MR) is 78.2 cm³/mol. The van der Waals surface area contributed by atoms with E-state index in [4.69, 9.17) is 11.6 Å². The second kappa shape index (κ2) is 6.82. The molecule has 0 amide bonds. The normalized spacial score (nSPS) is 12.4. The summed E-state index contributed by atoms with van der Waals surface area (Å²) in [7, 11) is 1.85. The SMILES string of the molecule is CNCC(Cc1ccc(F)cc1F)c1ccc(Cl)cc1. The van der Waals surface area contributed by atoms with Gasteiger partial charge < -0.3 is 5.32 Å². The molecule has 0 bridgehead atoms. The van der Waals surface area contributed by atoms with Crippen LogP contribution in [0, 0.1) is 11.6 Å². The van der Waals surface area contributed by atoms with Crippen molar-refractivity contribution >= 4 is 11.6 Å². The minimum atomic E-state index is -0.553. The van der Waals surface area contributed by atoms with Crippen molar-refractivity contribution in [3.05, 3.63) is 70.2 Å². The van der Waals surface area contributed by atoms with Gasteiger partial charge in [0.25, 0.3) is 0 Å². The van der Waals surface area contributed by atoms with Gasteiger partial charge in [-0.05, 0) is 42.8 Å². The van der Waals surface area contributed by atoms with Gasteiger partial charge in [0.1, 0.15) is 11.6 Å². The zero-order valence-corrected chi connectivity index (χ0v) is 11.9. The Morgan fingerprint density at radius 1 is 1.10 bits per heavy atom. The molecule has 0 aliphatic rings. The number of rotatable bonds is 5. The van der Waals surface area contributed by atoms with Crippen LogP contribution >= 0.6 is 11.6 Å². The number of nitrogens with one attached hydrogen (secondary N) is 1. The average Bonchev–Trinajstić information content (AvgIpc) is 2.42. The Kier molecular flexibility index (Phi) is 5.10. The van der Waals surface area contributed by atoms with Gasteiger partial charge in [-0.1, -0.05) is 29.8 Å². The van der Waals surface area contributed by atoms with Crippen molar-refractivity contribution in [2.75, 3.05) is 13.6 Å². The second-order valence-corrected chi connectivity index (χ2v) is 5.18. The number of hydrogen-bond donors (Lipinski definition) is 1. The van der Waals surface area contributed by atoms with Crippen molar-refractivity contribution in [2.45, 2.75) is 12.3 Å². The summed E-state index contributed by atoms with van der Waals surface area (Å²) in [6.45, 7) is 0.707. The molecule has 106 valence electrons. The zero-order chi connectivity index (χ0) is 14.5. The van der Waals surface area contributed by atoms with Gasteiger partial charge in [0, 0.05) is 23.6 Å². The summed E-state index contributed by atoms with van der Waals surface area (Å²) in [5, 5.41) is 3.77. The third kappa shape index (κ3) is 3.78. The monoisotopic (exact) mass is 295 g/mol. The topological polar surface area (TPSA) is 12.0 Å². The summed E-state index contributed by atoms with van der Waals surface area (Å²) in [5.41, 5.74) is 1.59. The summed E-state index contributed by atoms with van der Waals surface area (Å²) < 4.78 is 26.7. The summed E-state index contributed by atoms with van der Waals surface area (Å²) >= 11 is 5.88. The standard InChI is InChI=1S/C16H16ClF2N/c1-20-10-13(11-2-5-14(17)6-3-11)8-12-4-7-15(18)9-16(12)19/h2-7,9,13,20H,8,10H2,1H3. The van der Waals surface area contributed by atoms with E-state index >= 15 is 0 Å². The van der Waals surface area contributed by atoms with Crippen LogP contribution in [0.4, 0.5) is 8.78 Å². The van der Waals surface area contributed by atoms with Crippen LogP contribution in [0.25, 0.3) is 0 Å². The van der Waals surface area contributed by atoms with Gasteiger partial charge >= 0.3 is 0 Å². The minimum Gasteiger partial charge on any atom is -0.319 e. The van der Waals surface area contributed by atoms with Crippen LogP contribution in [0.5, 0.6) is 0 Å². The van der Waals surface area contributed by atoms with Gasteiger partial charge in [-0.3, -0.25) is 0 Å². The number of hydrogen-bond acceptors (Lipinski definition) is 1. The van der Waals surface area contributed by atoms with Crippen LogP contribution in [0.3, 0.4) is 0 Å². The van der Waals surface area contributed by atoms with Gasteiger partial charge in [0.15, 0.2) is 0 Å². The van der Waals surface area contributed by atoms with Crippen LogP contribution in [-0.4, -0.2) is 13.6 Å². The smallest absolute Gasteiger partial charge is 0.129 e. The maximum atomic E-state index is 13.7. The van der Waals surface area contributed by atoms with Gasteiger partial charge in [-0.2, -0.15) is 0 Å². The van der Waals surface area contributed by atoms with Crippen molar-refractivity contribution in [1.82, 2.24) is 5.32 Å². The largest absolute Gasteiger partial charge is 0.319 e. The maximum Gasteiger partial charge on any atom is 0.129 e. The zero-order valence-electron chi connectivity index (χ0n) is 11.2. The predicted octanol–water partition coefficient (Wildman–Crippen LogP) is 4.16. The van der Waals surface area contributed by atoms with Gasteiger partial charge in [-0.25, -0.2) is 8.78 Å². The van der Waals surface area contributed by atoms with E-state index in [-0.39, 0.29) is 5.92 Å². The van der Waals surface area contributed by atoms with Crippen molar-refractivity contribution < 1.29 is 8.78 Å². The fourth-order valence-electron chi connectivity index (χ4n) is 2.24. The Labute approximate surface area is 122 Å². The van der Waals surface area contributed by atoms with E-state index in [0.29, 0.717) is 23.6 Å². The molecule has 1 nitrogen and oxygen atoms in total. The van der Waals surface area contributed by atoms with E-state index in [2.05, 4.69) is 5.32 Å². The summed E-state index contributed by atoms with van der Waals surface area (Å²) in [6, 6.07) is 11.2. The molecule has 0 fully saturated rings. The minimum absolute atomic E-state index is 0.109. The van der Waals surface area contributed by atoms with Crippen LogP contribution in [0.15, 0.2) is 42.5 Å². The van der Waals surface area contributed by atoms with Gasteiger partial charge in [-0.15, -0.1) is 0 Å². The molecule has 0 radical (unpaired) electrons. The van der Waals surface area contributed by atoms with Crippen molar-refractivity contribution in [1.29, 1.82) is 0 Å². The first-order chi connectivity index (χ1) is 9.60. The first kappa shape index (κ1) is 14.9. The Hall–Kier alpha value is -1.45. The highest BCUT2D eigenvalue weighted by Crippen LogP contribution is 2.23. The maximum absolute atomic E-state index is 13.7. The summed E-state index contributed by atoms with van der Waals surface area (Å²) in [5.74, 6) is -0.944. The lowest BCUT2D eigenvalue weighted by molar-refractivity contribution is 0.554. The molecule has 2 aromatic rings. The average molecular weight is 296 g/mol. The van der Waals surface area contributed by atoms with E-state index in [0.717, 1.165) is 11.6 Å². The van der Waals surface area contributed by atoms with Crippen molar-refractivity contribution in [3.8, 4) is 0 Å². The molecule has 1 N–H and O–H groups in total. The lowest BCUT2D eigenvalue weighted by Crippen LogP contribution is -2.19. The van der Waals surface area contributed by atoms with E-state index < -0.39 is 11.6 Å². The van der Waals surface area contributed by atoms with Crippen LogP contribution in [0.2, 0.25) is 5.02 Å². The van der Waals surface area contributed by atoms with Crippen LogP contribution < -0.4 is 5.32 Å². The fraction of sp³-hybridized carbons (Fsp3) is 0.250. The van der Waals surface area contributed by atoms with E-state index in [1.54, 1.807) is 0 Å². The Morgan fingerprint density at radius 3 is 2.40 bits per heavy atom. The highest BCUT2D eigenvalue weighted by molar-refractivity contribution is 6.30. The molecule has 1 atom stereocenters. The lowest BCUT2D eigenvalue weighted by atomic mass is 9.91. The van der Waals surface area contributed by atoms with Crippen molar-refractivity contribution in [2.24, 2.45) is 0 Å². The molecule has 0 spiro atoms. The molecule has 0 heterocycles. The third-order valence-electron chi connectivity index (χ3n) is 3.27. The molecular formula is C16H16ClF2N. The molecule has 4 heteroatoms. The highest BCUT2D eigenvalue weighted by atomic mass is 35.5.